The van der Waals surface area contributed by atoms with Gasteiger partial charge in [-0.15, -0.1) is 0 Å². The summed E-state index contributed by atoms with van der Waals surface area (Å²) in [5, 5.41) is 8.34. The largest absolute Gasteiger partial charge is 0.481 e. The smallest absolute Gasteiger partial charge is 0.307 e. The Morgan fingerprint density at radius 1 is 1.40 bits per heavy atom. The molecule has 5 nitrogen and oxygen atoms in total. The maximum absolute atomic E-state index is 10.1. The molecule has 0 aromatic carbocycles. The van der Waals surface area contributed by atoms with E-state index in [1.165, 1.54) is 0 Å². The van der Waals surface area contributed by atoms with Crippen LogP contribution in [-0.2, 0) is 11.2 Å². The van der Waals surface area contributed by atoms with Gasteiger partial charge in [-0.3, -0.25) is 9.78 Å². The van der Waals surface area contributed by atoms with Crippen molar-refractivity contribution in [1.29, 1.82) is 0 Å². The van der Waals surface area contributed by atoms with Crippen LogP contribution in [0.5, 0.6) is 0 Å². The number of carboxylic acids is 1. The fraction of sp³-hybridized carbons (Fsp3) is 0.100. The van der Waals surface area contributed by atoms with Crippen LogP contribution in [0, 0.1) is 0 Å². The van der Waals surface area contributed by atoms with Gasteiger partial charge in [0.05, 0.1) is 12.7 Å². The molecule has 5 heteroatoms. The molecule has 0 atom stereocenters. The standard InChI is InChI=1S/C7H7NO2.C3H4N2/c9-7(10)4-6-2-1-3-8-5-6;1-2-5-3-4-1/h1-3,5H,4H2,(H,9,10);1-3H,(H,4,5). The molecular weight excluding hydrogens is 194 g/mol. The van der Waals surface area contributed by atoms with E-state index in [2.05, 4.69) is 15.0 Å². The lowest BCUT2D eigenvalue weighted by molar-refractivity contribution is -0.136. The highest BCUT2D eigenvalue weighted by Crippen LogP contribution is 1.95. The molecule has 0 aliphatic carbocycles. The monoisotopic (exact) mass is 205 g/mol. The van der Waals surface area contributed by atoms with Crippen LogP contribution in [0.2, 0.25) is 0 Å². The van der Waals surface area contributed by atoms with E-state index in [-0.39, 0.29) is 6.42 Å². The zero-order valence-corrected chi connectivity index (χ0v) is 8.00. The lowest BCUT2D eigenvalue weighted by atomic mass is 10.2. The second-order valence-corrected chi connectivity index (χ2v) is 2.69. The van der Waals surface area contributed by atoms with Crippen LogP contribution in [0.15, 0.2) is 43.2 Å². The number of carbonyl (C=O) groups is 1. The van der Waals surface area contributed by atoms with Crippen molar-refractivity contribution in [1.82, 2.24) is 15.0 Å². The molecule has 0 unspecified atom stereocenters. The second kappa shape index (κ2) is 6.31. The summed E-state index contributed by atoms with van der Waals surface area (Å²) in [6, 6.07) is 3.46. The molecule has 0 amide bonds. The third-order valence-corrected chi connectivity index (χ3v) is 1.48. The average Bonchev–Trinajstić information content (AvgIpc) is 2.76. The highest BCUT2D eigenvalue weighted by molar-refractivity contribution is 5.69. The van der Waals surface area contributed by atoms with Gasteiger partial charge in [0, 0.05) is 24.8 Å². The first kappa shape index (κ1) is 10.9. The summed E-state index contributed by atoms with van der Waals surface area (Å²) in [7, 11) is 0. The van der Waals surface area contributed by atoms with Crippen molar-refractivity contribution in [2.45, 2.75) is 6.42 Å². The predicted octanol–water partition coefficient (Wildman–Crippen LogP) is 1.12. The summed E-state index contributed by atoms with van der Waals surface area (Å²) in [6.07, 6.45) is 8.30. The third kappa shape index (κ3) is 5.20. The number of rotatable bonds is 2. The Morgan fingerprint density at radius 3 is 2.67 bits per heavy atom. The van der Waals surface area contributed by atoms with E-state index in [0.717, 1.165) is 5.56 Å². The number of hydrogen-bond donors (Lipinski definition) is 2. The van der Waals surface area contributed by atoms with Crippen LogP contribution >= 0.6 is 0 Å². The minimum atomic E-state index is -0.826. The van der Waals surface area contributed by atoms with Gasteiger partial charge in [-0.1, -0.05) is 6.07 Å². The Kier molecular flexibility index (Phi) is 4.59. The summed E-state index contributed by atoms with van der Waals surface area (Å²) in [5.74, 6) is -0.826. The Bertz CT molecular complexity index is 356. The first-order chi connectivity index (χ1) is 7.29. The number of pyridine rings is 1. The Labute approximate surface area is 86.8 Å². The molecule has 2 aromatic heterocycles. The van der Waals surface area contributed by atoms with E-state index in [4.69, 9.17) is 5.11 Å². The van der Waals surface area contributed by atoms with Gasteiger partial charge in [-0.05, 0) is 11.6 Å². The van der Waals surface area contributed by atoms with Crippen molar-refractivity contribution >= 4 is 5.97 Å². The normalized spacial score (nSPS) is 8.80. The molecular formula is C10H11N3O2. The van der Waals surface area contributed by atoms with Crippen LogP contribution in [0.4, 0.5) is 0 Å². The molecule has 0 saturated carbocycles. The van der Waals surface area contributed by atoms with Gasteiger partial charge in [0.15, 0.2) is 0 Å². The maximum atomic E-state index is 10.1. The molecule has 2 N–H and O–H groups in total. The van der Waals surface area contributed by atoms with Gasteiger partial charge in [-0.25, -0.2) is 4.98 Å². The molecule has 15 heavy (non-hydrogen) atoms. The maximum Gasteiger partial charge on any atom is 0.307 e. The summed E-state index contributed by atoms with van der Waals surface area (Å²) in [4.78, 5) is 20.3. The summed E-state index contributed by atoms with van der Waals surface area (Å²) < 4.78 is 0. The SMILES string of the molecule is O=C(O)Cc1cccnc1.c1c[nH]cn1. The third-order valence-electron chi connectivity index (χ3n) is 1.48. The summed E-state index contributed by atoms with van der Waals surface area (Å²) >= 11 is 0. The number of aromatic nitrogens is 3. The van der Waals surface area contributed by atoms with E-state index in [1.807, 2.05) is 0 Å². The van der Waals surface area contributed by atoms with Crippen LogP contribution < -0.4 is 0 Å². The van der Waals surface area contributed by atoms with Crippen molar-refractivity contribution < 1.29 is 9.90 Å². The number of aliphatic carboxylic acids is 1. The molecule has 0 aliphatic rings. The van der Waals surface area contributed by atoms with Gasteiger partial charge in [0.25, 0.3) is 0 Å². The van der Waals surface area contributed by atoms with Gasteiger partial charge in [0.1, 0.15) is 0 Å². The van der Waals surface area contributed by atoms with Crippen LogP contribution in [0.3, 0.4) is 0 Å². The Morgan fingerprint density at radius 2 is 2.27 bits per heavy atom. The van der Waals surface area contributed by atoms with Gasteiger partial charge >= 0.3 is 5.97 Å². The van der Waals surface area contributed by atoms with Crippen molar-refractivity contribution in [3.8, 4) is 0 Å². The molecule has 78 valence electrons. The van der Waals surface area contributed by atoms with Gasteiger partial charge in [-0.2, -0.15) is 0 Å². The second-order valence-electron chi connectivity index (χ2n) is 2.69. The number of imidazole rings is 1. The molecule has 0 saturated heterocycles. The quantitative estimate of drug-likeness (QED) is 0.770. The number of nitrogens with one attached hydrogen (secondary N) is 1. The number of carboxylic acid groups (broad SMARTS) is 1. The summed E-state index contributed by atoms with van der Waals surface area (Å²) in [6.45, 7) is 0. The molecule has 0 radical (unpaired) electrons. The van der Waals surface area contributed by atoms with E-state index in [0.29, 0.717) is 0 Å². The van der Waals surface area contributed by atoms with E-state index < -0.39 is 5.97 Å². The number of H-pyrrole nitrogens is 1. The molecule has 0 fully saturated rings. The highest BCUT2D eigenvalue weighted by Gasteiger charge is 1.97. The van der Waals surface area contributed by atoms with Gasteiger partial charge < -0.3 is 10.1 Å². The lowest BCUT2D eigenvalue weighted by Crippen LogP contribution is -1.99. The van der Waals surface area contributed by atoms with Crippen LogP contribution in [-0.4, -0.2) is 26.0 Å². The van der Waals surface area contributed by atoms with E-state index in [9.17, 15) is 4.79 Å². The van der Waals surface area contributed by atoms with E-state index >= 15 is 0 Å². The predicted molar refractivity (Wildman–Crippen MR) is 54.2 cm³/mol. The Hall–Kier alpha value is -2.17. The van der Waals surface area contributed by atoms with Gasteiger partial charge in [0.2, 0.25) is 0 Å². The molecule has 0 bridgehead atoms. The molecule has 2 heterocycles. The number of hydrogen-bond acceptors (Lipinski definition) is 3. The van der Waals surface area contributed by atoms with Crippen molar-refractivity contribution in [2.24, 2.45) is 0 Å². The molecule has 2 rings (SSSR count). The lowest BCUT2D eigenvalue weighted by Gasteiger charge is -1.91. The summed E-state index contributed by atoms with van der Waals surface area (Å²) in [5.41, 5.74) is 0.731. The van der Waals surface area contributed by atoms with Crippen LogP contribution in [0.1, 0.15) is 5.56 Å². The average molecular weight is 205 g/mol. The highest BCUT2D eigenvalue weighted by atomic mass is 16.4. The van der Waals surface area contributed by atoms with Crippen LogP contribution in [0.25, 0.3) is 0 Å². The topological polar surface area (TPSA) is 78.9 Å². The first-order valence-corrected chi connectivity index (χ1v) is 4.32. The van der Waals surface area contributed by atoms with E-state index in [1.54, 1.807) is 43.2 Å². The fourth-order valence-electron chi connectivity index (χ4n) is 0.892. The first-order valence-electron chi connectivity index (χ1n) is 4.32. The zero-order valence-electron chi connectivity index (χ0n) is 8.00. The Balaban J connectivity index is 0.000000187. The van der Waals surface area contributed by atoms with Crippen molar-refractivity contribution in [3.05, 3.63) is 48.8 Å². The fourth-order valence-corrected chi connectivity index (χ4v) is 0.892. The molecule has 2 aromatic rings. The molecule has 0 spiro atoms. The minimum Gasteiger partial charge on any atom is -0.481 e. The van der Waals surface area contributed by atoms with Crippen molar-refractivity contribution in [2.75, 3.05) is 0 Å². The minimum absolute atomic E-state index is 0.0494. The molecule has 0 aliphatic heterocycles. The van der Waals surface area contributed by atoms with Crippen molar-refractivity contribution in [3.63, 3.8) is 0 Å². The zero-order chi connectivity index (χ0) is 10.9. The number of aromatic amines is 1. The number of nitrogens with zero attached hydrogens (tertiary/aromatic N) is 2.